The van der Waals surface area contributed by atoms with E-state index in [1.807, 2.05) is 14.1 Å². The van der Waals surface area contributed by atoms with Crippen molar-refractivity contribution in [2.45, 2.75) is 50.9 Å². The predicted octanol–water partition coefficient (Wildman–Crippen LogP) is 2.66. The molecule has 2 aliphatic carbocycles. The molecule has 1 aromatic rings. The quantitative estimate of drug-likeness (QED) is 0.900. The van der Waals surface area contributed by atoms with Gasteiger partial charge in [0.25, 0.3) is 0 Å². The lowest BCUT2D eigenvalue weighted by Crippen LogP contribution is -2.41. The van der Waals surface area contributed by atoms with Crippen molar-refractivity contribution >= 4 is 11.8 Å². The zero-order chi connectivity index (χ0) is 16.7. The van der Waals surface area contributed by atoms with Crippen molar-refractivity contribution < 1.29 is 0 Å². The van der Waals surface area contributed by atoms with Crippen LogP contribution in [0.15, 0.2) is 0 Å². The van der Waals surface area contributed by atoms with Crippen LogP contribution in [-0.2, 0) is 11.8 Å². The Labute approximate surface area is 145 Å². The van der Waals surface area contributed by atoms with Gasteiger partial charge in [-0.15, -0.1) is 0 Å². The summed E-state index contributed by atoms with van der Waals surface area (Å²) in [5.74, 6) is 2.85. The Hall–Kier alpha value is -1.36. The first-order valence-corrected chi connectivity index (χ1v) is 9.66. The normalized spacial score (nSPS) is 22.6. The first-order chi connectivity index (χ1) is 11.6. The Kier molecular flexibility index (Phi) is 4.15. The molecule has 0 bridgehead atoms. The van der Waals surface area contributed by atoms with Gasteiger partial charge < -0.3 is 15.1 Å². The number of aromatic nitrogens is 2. The number of piperidine rings is 1. The highest BCUT2D eigenvalue weighted by Gasteiger charge is 2.44. The fourth-order valence-electron chi connectivity index (χ4n) is 4.32. The van der Waals surface area contributed by atoms with Gasteiger partial charge in [0.1, 0.15) is 5.82 Å². The molecule has 2 fully saturated rings. The molecular weight excluding hydrogens is 298 g/mol. The van der Waals surface area contributed by atoms with Gasteiger partial charge in [0, 0.05) is 31.6 Å². The Morgan fingerprint density at radius 2 is 1.92 bits per heavy atom. The van der Waals surface area contributed by atoms with Gasteiger partial charge in [0.05, 0.1) is 5.69 Å². The van der Waals surface area contributed by atoms with Crippen molar-refractivity contribution in [3.63, 3.8) is 0 Å². The number of likely N-dealkylation sites (tertiary alicyclic amines) is 1. The molecule has 1 aliphatic heterocycles. The molecule has 5 nitrogen and oxygen atoms in total. The summed E-state index contributed by atoms with van der Waals surface area (Å²) < 4.78 is 0. The molecule has 4 rings (SSSR count). The molecule has 3 aliphatic rings. The van der Waals surface area contributed by atoms with Crippen LogP contribution in [0.4, 0.5) is 11.8 Å². The molecule has 1 spiro atoms. The molecule has 2 heterocycles. The van der Waals surface area contributed by atoms with Crippen molar-refractivity contribution in [2.75, 3.05) is 50.5 Å². The molecule has 1 saturated heterocycles. The van der Waals surface area contributed by atoms with E-state index in [2.05, 4.69) is 22.0 Å². The molecule has 1 N–H and O–H groups in total. The molecule has 0 radical (unpaired) electrons. The molecule has 1 saturated carbocycles. The Bertz CT molecular complexity index is 600. The highest BCUT2D eigenvalue weighted by Crippen LogP contribution is 2.47. The molecule has 24 heavy (non-hydrogen) atoms. The van der Waals surface area contributed by atoms with Crippen molar-refractivity contribution in [2.24, 2.45) is 5.92 Å². The minimum absolute atomic E-state index is 0.296. The molecule has 0 unspecified atom stereocenters. The second kappa shape index (κ2) is 6.17. The largest absolute Gasteiger partial charge is 0.369 e. The fourth-order valence-corrected chi connectivity index (χ4v) is 4.32. The van der Waals surface area contributed by atoms with Gasteiger partial charge in [-0.25, -0.2) is 4.98 Å². The maximum atomic E-state index is 5.04. The van der Waals surface area contributed by atoms with E-state index in [4.69, 9.17) is 9.97 Å². The SMILES string of the molecule is CCN1CCC2(CCc3c(NCC4CC4)nc(N(C)C)nc32)CC1. The third kappa shape index (κ3) is 2.87. The summed E-state index contributed by atoms with van der Waals surface area (Å²) in [6.45, 7) is 6.94. The highest BCUT2D eigenvalue weighted by molar-refractivity contribution is 5.55. The van der Waals surface area contributed by atoms with Crippen LogP contribution < -0.4 is 10.2 Å². The van der Waals surface area contributed by atoms with Gasteiger partial charge in [-0.3, -0.25) is 0 Å². The van der Waals surface area contributed by atoms with Gasteiger partial charge >= 0.3 is 0 Å². The van der Waals surface area contributed by atoms with Crippen LogP contribution in [0.3, 0.4) is 0 Å². The lowest BCUT2D eigenvalue weighted by atomic mass is 9.76. The summed E-state index contributed by atoms with van der Waals surface area (Å²) in [5, 5.41) is 3.66. The van der Waals surface area contributed by atoms with E-state index >= 15 is 0 Å². The van der Waals surface area contributed by atoms with E-state index in [1.165, 1.54) is 63.0 Å². The molecular formula is C19H31N5. The summed E-state index contributed by atoms with van der Waals surface area (Å²) >= 11 is 0. The smallest absolute Gasteiger partial charge is 0.227 e. The van der Waals surface area contributed by atoms with Crippen LogP contribution in [0.1, 0.15) is 50.3 Å². The maximum Gasteiger partial charge on any atom is 0.227 e. The number of rotatable bonds is 5. The van der Waals surface area contributed by atoms with Crippen LogP contribution >= 0.6 is 0 Å². The van der Waals surface area contributed by atoms with Gasteiger partial charge in [0.15, 0.2) is 0 Å². The second-order valence-electron chi connectivity index (χ2n) is 8.13. The Morgan fingerprint density at radius 1 is 1.17 bits per heavy atom. The number of hydrogen-bond acceptors (Lipinski definition) is 5. The van der Waals surface area contributed by atoms with Crippen LogP contribution in [0.25, 0.3) is 0 Å². The fraction of sp³-hybridized carbons (Fsp3) is 0.789. The standard InChI is InChI=1S/C19H31N5/c1-4-24-11-9-19(10-12-24)8-7-15-16(19)21-18(23(2)3)22-17(15)20-13-14-5-6-14/h14H,4-13H2,1-3H3,(H,20,21,22). The van der Waals surface area contributed by atoms with Gasteiger partial charge in [0.2, 0.25) is 5.95 Å². The molecule has 5 heteroatoms. The van der Waals surface area contributed by atoms with Crippen molar-refractivity contribution in [1.29, 1.82) is 0 Å². The minimum atomic E-state index is 0.296. The summed E-state index contributed by atoms with van der Waals surface area (Å²) in [7, 11) is 4.10. The molecule has 0 aromatic carbocycles. The molecule has 0 atom stereocenters. The maximum absolute atomic E-state index is 5.04. The second-order valence-corrected chi connectivity index (χ2v) is 8.13. The van der Waals surface area contributed by atoms with Crippen LogP contribution in [0.2, 0.25) is 0 Å². The Morgan fingerprint density at radius 3 is 2.54 bits per heavy atom. The van der Waals surface area contributed by atoms with E-state index in [-0.39, 0.29) is 0 Å². The van der Waals surface area contributed by atoms with E-state index in [0.717, 1.165) is 30.6 Å². The molecule has 1 aromatic heterocycles. The van der Waals surface area contributed by atoms with Gasteiger partial charge in [-0.2, -0.15) is 4.98 Å². The number of anilines is 2. The van der Waals surface area contributed by atoms with E-state index < -0.39 is 0 Å². The zero-order valence-electron chi connectivity index (χ0n) is 15.4. The first-order valence-electron chi connectivity index (χ1n) is 9.66. The third-order valence-electron chi connectivity index (χ3n) is 6.27. The summed E-state index contributed by atoms with van der Waals surface area (Å²) in [6, 6.07) is 0. The van der Waals surface area contributed by atoms with Crippen LogP contribution in [-0.4, -0.2) is 55.1 Å². The van der Waals surface area contributed by atoms with Gasteiger partial charge in [-0.1, -0.05) is 6.92 Å². The number of hydrogen-bond donors (Lipinski definition) is 1. The van der Waals surface area contributed by atoms with E-state index in [1.54, 1.807) is 0 Å². The predicted molar refractivity (Wildman–Crippen MR) is 98.9 cm³/mol. The van der Waals surface area contributed by atoms with Crippen LogP contribution in [0.5, 0.6) is 0 Å². The highest BCUT2D eigenvalue weighted by atomic mass is 15.2. The summed E-state index contributed by atoms with van der Waals surface area (Å²) in [6.07, 6.45) is 7.64. The minimum Gasteiger partial charge on any atom is -0.369 e. The molecule has 132 valence electrons. The monoisotopic (exact) mass is 329 g/mol. The zero-order valence-corrected chi connectivity index (χ0v) is 15.4. The number of fused-ring (bicyclic) bond motifs is 2. The number of nitrogens with zero attached hydrogens (tertiary/aromatic N) is 4. The summed E-state index contributed by atoms with van der Waals surface area (Å²) in [4.78, 5) is 14.5. The van der Waals surface area contributed by atoms with Gasteiger partial charge in [-0.05, 0) is 64.1 Å². The van der Waals surface area contributed by atoms with E-state index in [0.29, 0.717) is 5.41 Å². The van der Waals surface area contributed by atoms with Crippen molar-refractivity contribution in [3.8, 4) is 0 Å². The number of nitrogens with one attached hydrogen (secondary N) is 1. The topological polar surface area (TPSA) is 44.3 Å². The Balaban J connectivity index is 1.65. The van der Waals surface area contributed by atoms with Crippen molar-refractivity contribution in [1.82, 2.24) is 14.9 Å². The lowest BCUT2D eigenvalue weighted by molar-refractivity contribution is 0.162. The van der Waals surface area contributed by atoms with E-state index in [9.17, 15) is 0 Å². The average molecular weight is 329 g/mol. The average Bonchev–Trinajstić information content (AvgIpc) is 3.36. The third-order valence-corrected chi connectivity index (χ3v) is 6.27. The molecule has 0 amide bonds. The first kappa shape index (κ1) is 16.1. The lowest BCUT2D eigenvalue weighted by Gasteiger charge is -2.39. The summed E-state index contributed by atoms with van der Waals surface area (Å²) in [5.41, 5.74) is 3.06. The van der Waals surface area contributed by atoms with Crippen LogP contribution in [0, 0.1) is 5.92 Å². The van der Waals surface area contributed by atoms with Crippen molar-refractivity contribution in [3.05, 3.63) is 11.3 Å².